The first-order valence-electron chi connectivity index (χ1n) is 10.7. The summed E-state index contributed by atoms with van der Waals surface area (Å²) in [6.07, 6.45) is -2.54. The molecule has 0 heterocycles. The van der Waals surface area contributed by atoms with Crippen molar-refractivity contribution in [2.24, 2.45) is 35.0 Å². The fourth-order valence-corrected chi connectivity index (χ4v) is 5.83. The average Bonchev–Trinajstić information content (AvgIpc) is 2.81. The highest BCUT2D eigenvalue weighted by Crippen LogP contribution is 2.61. The third-order valence-electron chi connectivity index (χ3n) is 6.91. The zero-order valence-electron chi connectivity index (χ0n) is 17.2. The van der Waals surface area contributed by atoms with E-state index in [-0.39, 0.29) is 23.7 Å². The summed E-state index contributed by atoms with van der Waals surface area (Å²) in [4.78, 5) is 12.4. The molecule has 7 atom stereocenters. The Balaban J connectivity index is 1.68. The number of carbonyl (C=O) groups excluding carboxylic acids is 1. The maximum absolute atomic E-state index is 12.4. The van der Waals surface area contributed by atoms with Crippen molar-refractivity contribution in [1.82, 2.24) is 0 Å². The molecule has 2 heteroatoms. The van der Waals surface area contributed by atoms with Crippen LogP contribution in [0.3, 0.4) is 0 Å². The first kappa shape index (κ1) is 8.92. The highest BCUT2D eigenvalue weighted by atomic mass is 16.3. The van der Waals surface area contributed by atoms with Crippen LogP contribution in [0.1, 0.15) is 71.5 Å². The molecule has 0 aromatic rings. The van der Waals surface area contributed by atoms with Crippen LogP contribution < -0.4 is 0 Å². The van der Waals surface area contributed by atoms with E-state index in [4.69, 9.17) is 6.85 Å². The summed E-state index contributed by atoms with van der Waals surface area (Å²) in [6.45, 7) is 2.09. The number of Topliss-reactive ketones (excluding diaryl/α,β-unsaturated/α-hetero) is 1. The standard InChI is InChI=1S/C18H28O2/c1-18-9-8-14-13-5-3-12(19)10-11(13)2-4-15(14)16(18)6-7-17(18)20/h11-16,19H,2-10H2,1H3/t11-,12+,13-,14+,15+,16-,18-/m0/s1/i3D2,10D2,12D. The Hall–Kier alpha value is -0.370. The second kappa shape index (κ2) is 4.56. The van der Waals surface area contributed by atoms with Gasteiger partial charge in [0.05, 0.1) is 7.45 Å². The van der Waals surface area contributed by atoms with E-state index in [0.717, 1.165) is 25.7 Å². The number of ketones is 1. The largest absolute Gasteiger partial charge is 0.393 e. The number of hydrogen-bond acceptors (Lipinski definition) is 2. The van der Waals surface area contributed by atoms with Gasteiger partial charge in [0.2, 0.25) is 0 Å². The molecule has 0 radical (unpaired) electrons. The lowest BCUT2D eigenvalue weighted by atomic mass is 9.50. The van der Waals surface area contributed by atoms with Gasteiger partial charge in [-0.2, -0.15) is 0 Å². The summed E-state index contributed by atoms with van der Waals surface area (Å²) in [6, 6.07) is 0. The normalized spacial score (nSPS) is 67.4. The molecule has 0 unspecified atom stereocenters. The van der Waals surface area contributed by atoms with E-state index in [0.29, 0.717) is 30.5 Å². The Kier molecular flexibility index (Phi) is 2.04. The number of rotatable bonds is 0. The van der Waals surface area contributed by atoms with Crippen molar-refractivity contribution in [3.63, 3.8) is 0 Å². The smallest absolute Gasteiger partial charge is 0.139 e. The second-order valence-corrected chi connectivity index (χ2v) is 7.57. The van der Waals surface area contributed by atoms with Gasteiger partial charge < -0.3 is 5.11 Å². The molecule has 4 aliphatic carbocycles. The number of aliphatic hydroxyl groups is 1. The van der Waals surface area contributed by atoms with Crippen molar-refractivity contribution in [1.29, 1.82) is 0 Å². The van der Waals surface area contributed by atoms with E-state index in [2.05, 4.69) is 6.92 Å². The van der Waals surface area contributed by atoms with Gasteiger partial charge in [-0.1, -0.05) is 6.92 Å². The van der Waals surface area contributed by atoms with Gasteiger partial charge in [0, 0.05) is 17.3 Å². The third kappa shape index (κ3) is 1.76. The molecule has 4 rings (SSSR count). The molecule has 1 N–H and O–H groups in total. The molecule has 0 aliphatic heterocycles. The Labute approximate surface area is 129 Å². The predicted molar refractivity (Wildman–Crippen MR) is 78.1 cm³/mol. The van der Waals surface area contributed by atoms with Gasteiger partial charge in [-0.3, -0.25) is 4.79 Å². The summed E-state index contributed by atoms with van der Waals surface area (Å²) >= 11 is 0. The zero-order chi connectivity index (χ0) is 18.4. The van der Waals surface area contributed by atoms with Crippen LogP contribution in [0, 0.1) is 35.0 Å². The third-order valence-corrected chi connectivity index (χ3v) is 6.91. The fraction of sp³-hybridized carbons (Fsp3) is 0.944. The van der Waals surface area contributed by atoms with Gasteiger partial charge in [-0.15, -0.1) is 0 Å². The number of fused-ring (bicyclic) bond motifs is 5. The maximum Gasteiger partial charge on any atom is 0.139 e. The average molecular weight is 281 g/mol. The van der Waals surface area contributed by atoms with Crippen molar-refractivity contribution in [3.05, 3.63) is 0 Å². The summed E-state index contributed by atoms with van der Waals surface area (Å²) < 4.78 is 41.1. The molecule has 112 valence electrons. The maximum atomic E-state index is 12.4. The van der Waals surface area contributed by atoms with Crippen LogP contribution in [-0.4, -0.2) is 17.0 Å². The topological polar surface area (TPSA) is 37.3 Å². The minimum absolute atomic E-state index is 0.0513. The highest BCUT2D eigenvalue weighted by molar-refractivity contribution is 5.87. The Morgan fingerprint density at radius 1 is 1.20 bits per heavy atom. The molecule has 4 fully saturated rings. The molecule has 0 aromatic heterocycles. The van der Waals surface area contributed by atoms with Crippen LogP contribution in [0.5, 0.6) is 0 Å². The monoisotopic (exact) mass is 281 g/mol. The van der Waals surface area contributed by atoms with Gasteiger partial charge in [0.25, 0.3) is 0 Å². The Morgan fingerprint density at radius 2 is 2.05 bits per heavy atom. The van der Waals surface area contributed by atoms with Gasteiger partial charge in [-0.05, 0) is 80.9 Å². The summed E-state index contributed by atoms with van der Waals surface area (Å²) in [5, 5.41) is 10.4. The molecular formula is C18H28O2. The van der Waals surface area contributed by atoms with Crippen molar-refractivity contribution < 1.29 is 16.8 Å². The lowest BCUT2D eigenvalue weighted by Crippen LogP contribution is -2.49. The summed E-state index contributed by atoms with van der Waals surface area (Å²) in [5.74, 6) is 0.663. The molecule has 0 spiro atoms. The first-order valence-corrected chi connectivity index (χ1v) is 8.19. The molecule has 4 aliphatic rings. The molecule has 0 bridgehead atoms. The van der Waals surface area contributed by atoms with Gasteiger partial charge in [0.15, 0.2) is 0 Å². The molecule has 4 saturated carbocycles. The Morgan fingerprint density at radius 3 is 2.90 bits per heavy atom. The molecule has 0 amide bonds. The molecule has 0 aromatic carbocycles. The molecular weight excluding hydrogens is 248 g/mol. The number of hydrogen-bond donors (Lipinski definition) is 1. The Bertz CT molecular complexity index is 604. The van der Waals surface area contributed by atoms with E-state index >= 15 is 0 Å². The van der Waals surface area contributed by atoms with Crippen LogP contribution in [0.15, 0.2) is 0 Å². The van der Waals surface area contributed by atoms with Gasteiger partial charge >= 0.3 is 0 Å². The van der Waals surface area contributed by atoms with Crippen molar-refractivity contribution in [3.8, 4) is 0 Å². The van der Waals surface area contributed by atoms with E-state index in [1.54, 1.807) is 0 Å². The van der Waals surface area contributed by atoms with E-state index in [1.807, 2.05) is 0 Å². The van der Waals surface area contributed by atoms with Gasteiger partial charge in [-0.25, -0.2) is 0 Å². The molecule has 2 nitrogen and oxygen atoms in total. The lowest BCUT2D eigenvalue weighted by molar-refractivity contribution is -0.133. The molecule has 0 saturated heterocycles. The molecule has 20 heavy (non-hydrogen) atoms. The minimum atomic E-state index is -2.71. The van der Waals surface area contributed by atoms with E-state index < -0.39 is 24.7 Å². The zero-order valence-corrected chi connectivity index (χ0v) is 12.2. The SMILES string of the molecule is [2H]C1([2H])C[C@@H]2[C@H]3CC[C@]4(C)C(=O)CC[C@H]4[C@@H]3CC[C@H]2C([2H])([2H])[C@]1([2H])O. The van der Waals surface area contributed by atoms with Crippen LogP contribution in [-0.2, 0) is 4.79 Å². The summed E-state index contributed by atoms with van der Waals surface area (Å²) in [5.41, 5.74) is -0.239. The predicted octanol–water partition coefficient (Wildman–Crippen LogP) is 3.57. The first-order chi connectivity index (χ1) is 11.4. The van der Waals surface area contributed by atoms with Crippen molar-refractivity contribution in [2.45, 2.75) is 70.7 Å². The fourth-order valence-electron chi connectivity index (χ4n) is 5.83. The van der Waals surface area contributed by atoms with Crippen LogP contribution in [0.25, 0.3) is 0 Å². The minimum Gasteiger partial charge on any atom is -0.393 e. The number of carbonyl (C=O) groups is 1. The van der Waals surface area contributed by atoms with E-state index in [1.165, 1.54) is 0 Å². The van der Waals surface area contributed by atoms with Crippen molar-refractivity contribution in [2.75, 3.05) is 0 Å². The highest BCUT2D eigenvalue weighted by Gasteiger charge is 2.56. The van der Waals surface area contributed by atoms with Crippen LogP contribution in [0.4, 0.5) is 0 Å². The lowest BCUT2D eigenvalue weighted by Gasteiger charge is -2.54. The quantitative estimate of drug-likeness (QED) is 0.737. The van der Waals surface area contributed by atoms with Crippen LogP contribution >= 0.6 is 0 Å². The summed E-state index contributed by atoms with van der Waals surface area (Å²) in [7, 11) is 0. The van der Waals surface area contributed by atoms with E-state index in [9.17, 15) is 9.90 Å². The van der Waals surface area contributed by atoms with Crippen LogP contribution in [0.2, 0.25) is 0 Å². The van der Waals surface area contributed by atoms with Crippen molar-refractivity contribution >= 4 is 5.78 Å². The second-order valence-electron chi connectivity index (χ2n) is 7.57. The van der Waals surface area contributed by atoms with Gasteiger partial charge in [0.1, 0.15) is 5.78 Å².